The minimum Gasteiger partial charge on any atom is -0.550 e. The fourth-order valence-corrected chi connectivity index (χ4v) is 5.14. The van der Waals surface area contributed by atoms with Gasteiger partial charge in [0.2, 0.25) is 11.8 Å². The van der Waals surface area contributed by atoms with Crippen LogP contribution in [-0.4, -0.2) is 58.4 Å². The maximum absolute atomic E-state index is 13.0. The fraction of sp³-hybridized carbons (Fsp3) is 0.857. The van der Waals surface area contributed by atoms with Crippen LogP contribution in [0.5, 0.6) is 0 Å². The van der Waals surface area contributed by atoms with Crippen LogP contribution >= 0.6 is 0 Å². The van der Waals surface area contributed by atoms with Crippen LogP contribution in [0.3, 0.4) is 0 Å². The van der Waals surface area contributed by atoms with Crippen molar-refractivity contribution < 1.29 is 98.4 Å². The van der Waals surface area contributed by atoms with Gasteiger partial charge in [-0.3, -0.25) is 14.5 Å². The van der Waals surface area contributed by atoms with Gasteiger partial charge in [-0.15, -0.1) is 0 Å². The number of nitrogens with two attached hydrogens (primary N) is 2. The number of hydrogen-bond donors (Lipinski definition) is 3. The molecule has 48 heavy (non-hydrogen) atoms. The summed E-state index contributed by atoms with van der Waals surface area (Å²) in [7, 11) is 0. The Morgan fingerprint density at radius 2 is 0.958 bits per heavy atom. The molecule has 11 nitrogen and oxygen atoms in total. The van der Waals surface area contributed by atoms with Gasteiger partial charge >= 0.3 is 65.1 Å². The van der Waals surface area contributed by atoms with Gasteiger partial charge in [-0.1, -0.05) is 117 Å². The summed E-state index contributed by atoms with van der Waals surface area (Å²) in [5.41, 5.74) is 10.5. The summed E-state index contributed by atoms with van der Waals surface area (Å²) in [5.74, 6) is -4.48. The normalized spacial score (nSPS) is 11.6. The van der Waals surface area contributed by atoms with Crippen molar-refractivity contribution in [3.8, 4) is 0 Å². The van der Waals surface area contributed by atoms with E-state index in [2.05, 4.69) is 13.8 Å². The molecule has 2 amide bonds. The Morgan fingerprint density at radius 3 is 1.27 bits per heavy atom. The molecule has 0 aromatic carbocycles. The molecular weight excluding hydrogens is 636 g/mol. The van der Waals surface area contributed by atoms with Crippen molar-refractivity contribution in [3.63, 3.8) is 0 Å². The zero-order valence-corrected chi connectivity index (χ0v) is 34.9. The fourth-order valence-electron chi connectivity index (χ4n) is 5.14. The Kier molecular flexibility index (Phi) is 44.4. The van der Waals surface area contributed by atoms with E-state index < -0.39 is 30.0 Å². The van der Waals surface area contributed by atoms with Crippen molar-refractivity contribution >= 4 is 29.7 Å². The number of carbonyl (C=O) groups excluding carboxylic acids is 4. The smallest absolute Gasteiger partial charge is 0.550 e. The zero-order valence-electron chi connectivity index (χ0n) is 30.9. The van der Waals surface area contributed by atoms with Crippen LogP contribution in [0.1, 0.15) is 174 Å². The van der Waals surface area contributed by atoms with Gasteiger partial charge in [-0.25, -0.2) is 4.79 Å². The van der Waals surface area contributed by atoms with Crippen LogP contribution in [0.15, 0.2) is 0 Å². The van der Waals surface area contributed by atoms with Gasteiger partial charge in [0.1, 0.15) is 6.04 Å². The molecule has 5 N–H and O–H groups in total. The second-order valence-electron chi connectivity index (χ2n) is 12.3. The summed E-state index contributed by atoms with van der Waals surface area (Å²) < 4.78 is 0. The number of carbonyl (C=O) groups is 5. The van der Waals surface area contributed by atoms with Crippen LogP contribution in [0.4, 0.5) is 0 Å². The molecule has 0 unspecified atom stereocenters. The van der Waals surface area contributed by atoms with E-state index in [1.54, 1.807) is 0 Å². The molecule has 0 aliphatic rings. The second-order valence-corrected chi connectivity index (χ2v) is 12.3. The number of carboxylic acids is 3. The molecular formula is C35H65N3Na2O8. The third kappa shape index (κ3) is 33.9. The van der Waals surface area contributed by atoms with Gasteiger partial charge in [0.15, 0.2) is 0 Å². The number of rotatable bonds is 30. The number of hydrogen-bond acceptors (Lipinski definition) is 9. The van der Waals surface area contributed by atoms with Crippen molar-refractivity contribution in [2.24, 2.45) is 11.5 Å². The van der Waals surface area contributed by atoms with Crippen LogP contribution in [0, 0.1) is 0 Å². The average Bonchev–Trinajstić information content (AvgIpc) is 3.01. The summed E-state index contributed by atoms with van der Waals surface area (Å²) in [5, 5.41) is 29.4. The molecule has 0 aromatic heterocycles. The minimum absolute atomic E-state index is 0. The molecule has 270 valence electrons. The zero-order chi connectivity index (χ0) is 35.0. The van der Waals surface area contributed by atoms with E-state index in [1.165, 1.54) is 77.0 Å². The van der Waals surface area contributed by atoms with Crippen molar-refractivity contribution in [1.29, 1.82) is 0 Å². The van der Waals surface area contributed by atoms with E-state index in [9.17, 15) is 39.3 Å². The van der Waals surface area contributed by atoms with Gasteiger partial charge in [0.05, 0.1) is 5.97 Å². The first kappa shape index (κ1) is 54.2. The molecule has 0 bridgehead atoms. The number of unbranched alkanes of at least 4 members (excludes halogenated alkanes) is 17. The summed E-state index contributed by atoms with van der Waals surface area (Å²) in [6, 6.07) is -2.29. The first-order chi connectivity index (χ1) is 22.0. The molecule has 13 heteroatoms. The third-order valence-electron chi connectivity index (χ3n) is 8.02. The summed E-state index contributed by atoms with van der Waals surface area (Å²) >= 11 is 0. The van der Waals surface area contributed by atoms with E-state index in [0.29, 0.717) is 32.2 Å². The topological polar surface area (TPSA) is 207 Å². The molecule has 0 heterocycles. The van der Waals surface area contributed by atoms with Gasteiger partial charge in [0, 0.05) is 24.9 Å². The third-order valence-corrected chi connectivity index (χ3v) is 8.02. The van der Waals surface area contributed by atoms with Gasteiger partial charge in [0.25, 0.3) is 0 Å². The number of nitrogens with zero attached hydrogens (tertiary/aromatic N) is 1. The van der Waals surface area contributed by atoms with Gasteiger partial charge in [-0.2, -0.15) is 0 Å². The summed E-state index contributed by atoms with van der Waals surface area (Å²) in [4.78, 5) is 58.8. The van der Waals surface area contributed by atoms with Gasteiger partial charge in [-0.05, 0) is 51.5 Å². The Labute approximate surface area is 335 Å². The Hall–Kier alpha value is -0.530. The van der Waals surface area contributed by atoms with Crippen LogP contribution in [-0.2, 0) is 24.0 Å². The number of carboxylic acid groups (broad SMARTS) is 3. The van der Waals surface area contributed by atoms with Crippen molar-refractivity contribution in [2.75, 3.05) is 6.54 Å². The van der Waals surface area contributed by atoms with E-state index in [1.807, 2.05) is 0 Å². The first-order valence-electron chi connectivity index (χ1n) is 18.0. The molecule has 0 saturated heterocycles. The largest absolute Gasteiger partial charge is 1.00 e. The predicted octanol–water partition coefficient (Wildman–Crippen LogP) is -1.63. The van der Waals surface area contributed by atoms with Crippen LogP contribution in [0.25, 0.3) is 0 Å². The first-order valence-corrected chi connectivity index (χ1v) is 18.0. The van der Waals surface area contributed by atoms with Crippen LogP contribution < -0.4 is 80.8 Å². The minimum atomic E-state index is -1.44. The summed E-state index contributed by atoms with van der Waals surface area (Å²) in [6.45, 7) is 4.91. The van der Waals surface area contributed by atoms with Gasteiger partial charge < -0.3 is 36.4 Å². The van der Waals surface area contributed by atoms with Crippen LogP contribution in [0.2, 0.25) is 0 Å². The molecule has 0 aliphatic heterocycles. The van der Waals surface area contributed by atoms with E-state index in [-0.39, 0.29) is 103 Å². The van der Waals surface area contributed by atoms with Crippen molar-refractivity contribution in [3.05, 3.63) is 0 Å². The van der Waals surface area contributed by atoms with E-state index in [0.717, 1.165) is 30.6 Å². The van der Waals surface area contributed by atoms with Crippen molar-refractivity contribution in [1.82, 2.24) is 4.90 Å². The SMILES string of the molecule is CCCCCCCCCCCC(=O)N(C(=O)CCCCCCCCCCC)[C@@H](CCCCN)C(=O)O.N[C@@H](CCC(=O)[O-])C(=O)[O-].[Na+].[Na+]. The Balaban J connectivity index is -0.000000694. The average molecular weight is 702 g/mol. The van der Waals surface area contributed by atoms with E-state index >= 15 is 0 Å². The Bertz CT molecular complexity index is 787. The van der Waals surface area contributed by atoms with E-state index in [4.69, 9.17) is 11.5 Å². The predicted molar refractivity (Wildman–Crippen MR) is 177 cm³/mol. The monoisotopic (exact) mass is 701 g/mol. The molecule has 0 aromatic rings. The quantitative estimate of drug-likeness (QED) is 0.0576. The standard InChI is InChI=1S/C30H58N2O4.C5H9NO4.2Na/c1-3-5-7-9-11-13-15-17-19-24-28(33)32(27(30(35)36)23-21-22-26-31)29(34)25-20-18-16-14-12-10-8-6-4-2;6-3(5(9)10)1-2-4(7)8;;/h27H,3-26,31H2,1-2H3,(H,35,36);3H,1-2,6H2,(H,7,8)(H,9,10);;/q;;2*+1/p-2/t27-;3-;;/m00../s1. The molecule has 0 aliphatic carbocycles. The summed E-state index contributed by atoms with van der Waals surface area (Å²) in [6.07, 6.45) is 22.1. The number of aliphatic carboxylic acids is 3. The second kappa shape index (κ2) is 39.3. The Morgan fingerprint density at radius 1 is 0.583 bits per heavy atom. The maximum Gasteiger partial charge on any atom is 1.00 e. The maximum atomic E-state index is 13.0. The molecule has 0 spiro atoms. The molecule has 2 atom stereocenters. The molecule has 0 saturated carbocycles. The van der Waals surface area contributed by atoms with Crippen molar-refractivity contribution in [2.45, 2.75) is 186 Å². The molecule has 0 rings (SSSR count). The number of imide groups is 1. The number of amides is 2. The molecule has 0 fully saturated rings. The molecule has 0 radical (unpaired) electrons.